The predicted molar refractivity (Wildman–Crippen MR) is 130 cm³/mol. The normalized spacial score (nSPS) is 14.6. The first-order valence-electron chi connectivity index (χ1n) is 10.8. The number of fused-ring (bicyclic) bond motifs is 1. The minimum atomic E-state index is -0.341. The lowest BCUT2D eigenvalue weighted by Crippen LogP contribution is -2.42. The number of nitrogens with one attached hydrogen (secondary N) is 2. The van der Waals surface area contributed by atoms with Crippen molar-refractivity contribution in [1.82, 2.24) is 19.9 Å². The SMILES string of the molecule is CC(C)NC(=O)C1CCN(c2nc3ncn(CC(=O)Nc4ccc(Cl)cc4)c(=O)c3s2)CC1. The molecule has 3 aromatic rings. The van der Waals surface area contributed by atoms with E-state index in [0.29, 0.717) is 39.3 Å². The minimum absolute atomic E-state index is 0.00691. The van der Waals surface area contributed by atoms with Crippen molar-refractivity contribution in [1.29, 1.82) is 0 Å². The molecular formula is C22H25ClN6O3S. The van der Waals surface area contributed by atoms with Crippen molar-refractivity contribution >= 4 is 55.9 Å². The van der Waals surface area contributed by atoms with Crippen LogP contribution < -0.4 is 21.1 Å². The fourth-order valence-corrected chi connectivity index (χ4v) is 4.85. The summed E-state index contributed by atoms with van der Waals surface area (Å²) in [7, 11) is 0. The Labute approximate surface area is 199 Å². The van der Waals surface area contributed by atoms with Gasteiger partial charge in [-0.3, -0.25) is 19.0 Å². The Morgan fingerprint density at radius 1 is 1.21 bits per heavy atom. The van der Waals surface area contributed by atoms with Crippen molar-refractivity contribution < 1.29 is 9.59 Å². The van der Waals surface area contributed by atoms with Gasteiger partial charge in [-0.25, -0.2) is 4.98 Å². The highest BCUT2D eigenvalue weighted by Crippen LogP contribution is 2.29. The number of piperidine rings is 1. The number of nitrogens with zero attached hydrogens (tertiary/aromatic N) is 4. The van der Waals surface area contributed by atoms with Gasteiger partial charge in [0, 0.05) is 35.8 Å². The van der Waals surface area contributed by atoms with Crippen molar-refractivity contribution in [2.45, 2.75) is 39.3 Å². The van der Waals surface area contributed by atoms with Crippen LogP contribution in [0.15, 0.2) is 35.4 Å². The van der Waals surface area contributed by atoms with E-state index in [1.165, 1.54) is 22.2 Å². The Balaban J connectivity index is 1.43. The fourth-order valence-electron chi connectivity index (χ4n) is 3.71. The molecule has 0 bridgehead atoms. The van der Waals surface area contributed by atoms with Crippen molar-refractivity contribution in [3.63, 3.8) is 0 Å². The molecule has 11 heteroatoms. The number of anilines is 2. The summed E-state index contributed by atoms with van der Waals surface area (Å²) >= 11 is 7.13. The van der Waals surface area contributed by atoms with Gasteiger partial charge in [-0.2, -0.15) is 4.98 Å². The summed E-state index contributed by atoms with van der Waals surface area (Å²) < 4.78 is 1.68. The molecule has 33 heavy (non-hydrogen) atoms. The summed E-state index contributed by atoms with van der Waals surface area (Å²) in [4.78, 5) is 48.4. The van der Waals surface area contributed by atoms with E-state index in [-0.39, 0.29) is 35.9 Å². The van der Waals surface area contributed by atoms with Gasteiger partial charge in [0.25, 0.3) is 5.56 Å². The van der Waals surface area contributed by atoms with Crippen molar-refractivity contribution in [3.8, 4) is 0 Å². The van der Waals surface area contributed by atoms with Crippen LogP contribution in [0.2, 0.25) is 5.02 Å². The summed E-state index contributed by atoms with van der Waals surface area (Å²) in [6, 6.07) is 6.86. The average molecular weight is 489 g/mol. The van der Waals surface area contributed by atoms with Gasteiger partial charge in [-0.05, 0) is 51.0 Å². The average Bonchev–Trinajstić information content (AvgIpc) is 3.22. The van der Waals surface area contributed by atoms with Gasteiger partial charge in [0.2, 0.25) is 11.8 Å². The van der Waals surface area contributed by atoms with Crippen molar-refractivity contribution in [2.75, 3.05) is 23.3 Å². The maximum absolute atomic E-state index is 12.9. The van der Waals surface area contributed by atoms with Crippen molar-refractivity contribution in [2.24, 2.45) is 5.92 Å². The van der Waals surface area contributed by atoms with Gasteiger partial charge in [0.15, 0.2) is 10.8 Å². The fraction of sp³-hybridized carbons (Fsp3) is 0.409. The number of hydrogen-bond acceptors (Lipinski definition) is 7. The highest BCUT2D eigenvalue weighted by molar-refractivity contribution is 7.22. The number of thiazole rings is 1. The number of amides is 2. The third kappa shape index (κ3) is 5.51. The van der Waals surface area contributed by atoms with E-state index >= 15 is 0 Å². The molecule has 1 aliphatic rings. The standard InChI is InChI=1S/C22H25ClN6O3S/c1-13(2)25-20(31)14-7-9-28(10-8-14)22-27-19-18(33-22)21(32)29(12-24-19)11-17(30)26-16-5-3-15(23)4-6-16/h3-6,12-14H,7-11H2,1-2H3,(H,25,31)(H,26,30). The van der Waals surface area contributed by atoms with Gasteiger partial charge in [0.1, 0.15) is 17.6 Å². The first-order valence-corrected chi connectivity index (χ1v) is 12.0. The van der Waals surface area contributed by atoms with E-state index < -0.39 is 0 Å². The van der Waals surface area contributed by atoms with Crippen LogP contribution in [-0.4, -0.2) is 45.5 Å². The Morgan fingerprint density at radius 3 is 2.58 bits per heavy atom. The Kier molecular flexibility index (Phi) is 6.94. The molecule has 0 atom stereocenters. The molecule has 1 aliphatic heterocycles. The zero-order valence-corrected chi connectivity index (χ0v) is 19.9. The molecule has 1 fully saturated rings. The van der Waals surface area contributed by atoms with E-state index in [4.69, 9.17) is 11.6 Å². The first-order chi connectivity index (χ1) is 15.8. The second-order valence-corrected chi connectivity index (χ2v) is 9.72. The second kappa shape index (κ2) is 9.88. The van der Waals surface area contributed by atoms with Crippen LogP contribution in [0.1, 0.15) is 26.7 Å². The Hall–Kier alpha value is -2.98. The molecule has 2 aromatic heterocycles. The summed E-state index contributed by atoms with van der Waals surface area (Å²) in [5.74, 6) is -0.255. The molecule has 9 nitrogen and oxygen atoms in total. The Morgan fingerprint density at radius 2 is 1.91 bits per heavy atom. The molecule has 0 unspecified atom stereocenters. The minimum Gasteiger partial charge on any atom is -0.354 e. The van der Waals surface area contributed by atoms with Crippen molar-refractivity contribution in [3.05, 3.63) is 46.0 Å². The largest absolute Gasteiger partial charge is 0.354 e. The predicted octanol–water partition coefficient (Wildman–Crippen LogP) is 2.89. The zero-order chi connectivity index (χ0) is 23.5. The van der Waals surface area contributed by atoms with Gasteiger partial charge in [-0.15, -0.1) is 0 Å². The van der Waals surface area contributed by atoms with Gasteiger partial charge in [-0.1, -0.05) is 22.9 Å². The van der Waals surface area contributed by atoms with E-state index in [9.17, 15) is 14.4 Å². The van der Waals surface area contributed by atoms with Crippen LogP contribution in [0.5, 0.6) is 0 Å². The number of rotatable bonds is 6. The lowest BCUT2D eigenvalue weighted by Gasteiger charge is -2.31. The van der Waals surface area contributed by atoms with E-state index in [0.717, 1.165) is 12.8 Å². The van der Waals surface area contributed by atoms with E-state index in [1.54, 1.807) is 24.3 Å². The van der Waals surface area contributed by atoms with E-state index in [1.807, 2.05) is 13.8 Å². The van der Waals surface area contributed by atoms with Crippen LogP contribution in [0.25, 0.3) is 10.3 Å². The molecule has 2 N–H and O–H groups in total. The molecule has 1 aromatic carbocycles. The molecule has 2 amide bonds. The van der Waals surface area contributed by atoms with Crippen LogP contribution in [0, 0.1) is 5.92 Å². The third-order valence-electron chi connectivity index (χ3n) is 5.38. The Bertz CT molecular complexity index is 1220. The highest BCUT2D eigenvalue weighted by atomic mass is 35.5. The van der Waals surface area contributed by atoms with Gasteiger partial charge >= 0.3 is 0 Å². The summed E-state index contributed by atoms with van der Waals surface area (Å²) in [6.07, 6.45) is 2.81. The van der Waals surface area contributed by atoms with Crippen LogP contribution >= 0.6 is 22.9 Å². The van der Waals surface area contributed by atoms with Gasteiger partial charge < -0.3 is 15.5 Å². The molecular weight excluding hydrogens is 464 g/mol. The molecule has 0 spiro atoms. The monoisotopic (exact) mass is 488 g/mol. The number of carbonyl (C=O) groups is 2. The number of hydrogen-bond donors (Lipinski definition) is 2. The summed E-state index contributed by atoms with van der Waals surface area (Å²) in [5, 5.41) is 6.99. The number of carbonyl (C=O) groups excluding carboxylic acids is 2. The number of halogens is 1. The summed E-state index contributed by atoms with van der Waals surface area (Å²) in [6.45, 7) is 5.12. The molecule has 1 saturated heterocycles. The number of benzene rings is 1. The maximum Gasteiger partial charge on any atom is 0.273 e. The second-order valence-electron chi connectivity index (χ2n) is 8.31. The highest BCUT2D eigenvalue weighted by Gasteiger charge is 2.27. The van der Waals surface area contributed by atoms with Crippen LogP contribution in [0.4, 0.5) is 10.8 Å². The molecule has 0 radical (unpaired) electrons. The molecule has 0 aliphatic carbocycles. The topological polar surface area (TPSA) is 109 Å². The first kappa shape index (κ1) is 23.2. The van der Waals surface area contributed by atoms with Crippen LogP contribution in [0.3, 0.4) is 0 Å². The van der Waals surface area contributed by atoms with Crippen LogP contribution in [-0.2, 0) is 16.1 Å². The smallest absolute Gasteiger partial charge is 0.273 e. The number of aromatic nitrogens is 3. The van der Waals surface area contributed by atoms with Gasteiger partial charge in [0.05, 0.1) is 0 Å². The molecule has 0 saturated carbocycles. The maximum atomic E-state index is 12.9. The molecule has 174 valence electrons. The lowest BCUT2D eigenvalue weighted by atomic mass is 9.96. The molecule has 4 rings (SSSR count). The molecule has 3 heterocycles. The lowest BCUT2D eigenvalue weighted by molar-refractivity contribution is -0.126. The quantitative estimate of drug-likeness (QED) is 0.552. The van der Waals surface area contributed by atoms with E-state index in [2.05, 4.69) is 25.5 Å². The zero-order valence-electron chi connectivity index (χ0n) is 18.4. The summed E-state index contributed by atoms with van der Waals surface area (Å²) in [5.41, 5.74) is 0.660. The third-order valence-corrected chi connectivity index (χ3v) is 6.73.